The minimum atomic E-state index is -0.924. The van der Waals surface area contributed by atoms with Gasteiger partial charge in [0.05, 0.1) is 5.41 Å². The lowest BCUT2D eigenvalue weighted by atomic mass is 9.90. The molecule has 1 fully saturated rings. The average molecular weight is 361 g/mol. The molecule has 3 amide bonds. The second-order valence-corrected chi connectivity index (χ2v) is 7.41. The maximum Gasteiger partial charge on any atom is 0.315 e. The fourth-order valence-corrected chi connectivity index (χ4v) is 3.00. The van der Waals surface area contributed by atoms with Crippen LogP contribution in [0, 0.1) is 11.3 Å². The lowest BCUT2D eigenvalue weighted by molar-refractivity contribution is -0.147. The zero-order chi connectivity index (χ0) is 19.3. The number of amides is 3. The summed E-state index contributed by atoms with van der Waals surface area (Å²) in [5, 5.41) is 14.8. The van der Waals surface area contributed by atoms with E-state index in [2.05, 4.69) is 10.6 Å². The number of carbonyl (C=O) groups is 3. The summed E-state index contributed by atoms with van der Waals surface area (Å²) in [7, 11) is 0. The molecule has 0 saturated carbocycles. The molecule has 0 aliphatic carbocycles. The van der Waals surface area contributed by atoms with E-state index in [9.17, 15) is 19.5 Å². The van der Waals surface area contributed by atoms with E-state index in [1.165, 1.54) is 4.90 Å². The lowest BCUT2D eigenvalue weighted by Crippen LogP contribution is -2.53. The summed E-state index contributed by atoms with van der Waals surface area (Å²) in [6.07, 6.45) is 0.416. The van der Waals surface area contributed by atoms with E-state index in [0.29, 0.717) is 19.5 Å². The van der Waals surface area contributed by atoms with Crippen molar-refractivity contribution in [1.29, 1.82) is 0 Å². The van der Waals surface area contributed by atoms with Gasteiger partial charge < -0.3 is 20.6 Å². The predicted octanol–water partition coefficient (Wildman–Crippen LogP) is 1.83. The van der Waals surface area contributed by atoms with E-state index >= 15 is 0 Å². The van der Waals surface area contributed by atoms with E-state index in [1.54, 1.807) is 6.92 Å². The number of hydrogen-bond acceptors (Lipinski definition) is 3. The molecule has 1 heterocycles. The Labute approximate surface area is 153 Å². The Morgan fingerprint density at radius 1 is 1.23 bits per heavy atom. The number of benzene rings is 1. The second kappa shape index (κ2) is 8.21. The molecule has 3 N–H and O–H groups in total. The maximum absolute atomic E-state index is 12.8. The van der Waals surface area contributed by atoms with Crippen molar-refractivity contribution in [3.05, 3.63) is 35.9 Å². The van der Waals surface area contributed by atoms with E-state index in [-0.39, 0.29) is 18.4 Å². The van der Waals surface area contributed by atoms with E-state index in [4.69, 9.17) is 0 Å². The number of aliphatic carboxylic acids is 1. The Bertz CT molecular complexity index is 662. The standard InChI is InChI=1S/C19H27N3O4/c1-13(2)15(16(23)22-10-9-19(3,12-22)17(24)25)21-18(26)20-11-14-7-5-4-6-8-14/h4-8,13,15H,9-12H2,1-3H3,(H,24,25)(H2,20,21,26). The third-order valence-corrected chi connectivity index (χ3v) is 4.82. The molecule has 142 valence electrons. The van der Waals surface area contributed by atoms with Crippen LogP contribution in [0.3, 0.4) is 0 Å². The second-order valence-electron chi connectivity index (χ2n) is 7.41. The quantitative estimate of drug-likeness (QED) is 0.720. The Balaban J connectivity index is 1.94. The van der Waals surface area contributed by atoms with Crippen LogP contribution in [-0.4, -0.2) is 47.0 Å². The van der Waals surface area contributed by atoms with Gasteiger partial charge in [0.25, 0.3) is 0 Å². The molecule has 0 aromatic heterocycles. The summed E-state index contributed by atoms with van der Waals surface area (Å²) in [6.45, 7) is 6.27. The number of carbonyl (C=O) groups excluding carboxylic acids is 2. The number of carboxylic acid groups (broad SMARTS) is 1. The highest BCUT2D eigenvalue weighted by Crippen LogP contribution is 2.30. The van der Waals surface area contributed by atoms with Gasteiger partial charge in [0.1, 0.15) is 6.04 Å². The fourth-order valence-electron chi connectivity index (χ4n) is 3.00. The minimum absolute atomic E-state index is 0.110. The lowest BCUT2D eigenvalue weighted by Gasteiger charge is -2.28. The molecule has 2 rings (SSSR count). The highest BCUT2D eigenvalue weighted by Gasteiger charge is 2.43. The van der Waals surface area contributed by atoms with Gasteiger partial charge in [-0.3, -0.25) is 9.59 Å². The van der Waals surface area contributed by atoms with E-state index < -0.39 is 23.5 Å². The van der Waals surface area contributed by atoms with Crippen molar-refractivity contribution >= 4 is 17.9 Å². The van der Waals surface area contributed by atoms with Crippen molar-refractivity contribution < 1.29 is 19.5 Å². The highest BCUT2D eigenvalue weighted by atomic mass is 16.4. The van der Waals surface area contributed by atoms with Crippen LogP contribution in [0.15, 0.2) is 30.3 Å². The van der Waals surface area contributed by atoms with Gasteiger partial charge in [0, 0.05) is 19.6 Å². The van der Waals surface area contributed by atoms with Crippen LogP contribution in [0.1, 0.15) is 32.8 Å². The summed E-state index contributed by atoms with van der Waals surface area (Å²) < 4.78 is 0. The normalized spacial score (nSPS) is 20.7. The van der Waals surface area contributed by atoms with E-state index in [1.807, 2.05) is 44.2 Å². The molecule has 26 heavy (non-hydrogen) atoms. The number of urea groups is 1. The third-order valence-electron chi connectivity index (χ3n) is 4.82. The Morgan fingerprint density at radius 3 is 2.42 bits per heavy atom. The highest BCUT2D eigenvalue weighted by molar-refractivity contribution is 5.88. The number of hydrogen-bond donors (Lipinski definition) is 3. The van der Waals surface area contributed by atoms with Crippen molar-refractivity contribution in [2.45, 2.75) is 39.8 Å². The van der Waals surface area contributed by atoms with Crippen LogP contribution in [0.2, 0.25) is 0 Å². The molecular formula is C19H27N3O4. The molecule has 1 saturated heterocycles. The number of likely N-dealkylation sites (tertiary alicyclic amines) is 1. The van der Waals surface area contributed by atoms with Gasteiger partial charge in [-0.05, 0) is 24.8 Å². The molecule has 1 aromatic rings. The van der Waals surface area contributed by atoms with Crippen molar-refractivity contribution in [2.75, 3.05) is 13.1 Å². The molecule has 0 bridgehead atoms. The van der Waals surface area contributed by atoms with Gasteiger partial charge >= 0.3 is 12.0 Å². The zero-order valence-corrected chi connectivity index (χ0v) is 15.5. The predicted molar refractivity (Wildman–Crippen MR) is 97.4 cm³/mol. The molecule has 7 heteroatoms. The van der Waals surface area contributed by atoms with Gasteiger partial charge in [-0.25, -0.2) is 4.79 Å². The molecular weight excluding hydrogens is 334 g/mol. The van der Waals surface area contributed by atoms with Crippen LogP contribution < -0.4 is 10.6 Å². The number of carboxylic acids is 1. The first-order valence-corrected chi connectivity index (χ1v) is 8.83. The first-order valence-electron chi connectivity index (χ1n) is 8.83. The van der Waals surface area contributed by atoms with Gasteiger partial charge in [-0.1, -0.05) is 44.2 Å². The van der Waals surface area contributed by atoms with Crippen LogP contribution in [0.25, 0.3) is 0 Å². The van der Waals surface area contributed by atoms with E-state index in [0.717, 1.165) is 5.56 Å². The van der Waals surface area contributed by atoms with Crippen molar-refractivity contribution in [2.24, 2.45) is 11.3 Å². The topological polar surface area (TPSA) is 98.7 Å². The first kappa shape index (κ1) is 19.8. The Morgan fingerprint density at radius 2 is 1.88 bits per heavy atom. The summed E-state index contributed by atoms with van der Waals surface area (Å²) >= 11 is 0. The van der Waals surface area contributed by atoms with Crippen LogP contribution >= 0.6 is 0 Å². The van der Waals surface area contributed by atoms with Crippen molar-refractivity contribution in [3.63, 3.8) is 0 Å². The molecule has 0 spiro atoms. The number of rotatable bonds is 6. The van der Waals surface area contributed by atoms with Gasteiger partial charge in [0.2, 0.25) is 5.91 Å². The Hall–Kier alpha value is -2.57. The van der Waals surface area contributed by atoms with Crippen LogP contribution in [0.4, 0.5) is 4.79 Å². The van der Waals surface area contributed by atoms with Crippen LogP contribution in [-0.2, 0) is 16.1 Å². The monoisotopic (exact) mass is 361 g/mol. The Kier molecular flexibility index (Phi) is 6.23. The van der Waals surface area contributed by atoms with Gasteiger partial charge in [-0.2, -0.15) is 0 Å². The molecule has 2 unspecified atom stereocenters. The molecule has 1 aromatic carbocycles. The molecule has 7 nitrogen and oxygen atoms in total. The third kappa shape index (κ3) is 4.74. The van der Waals surface area contributed by atoms with Gasteiger partial charge in [-0.15, -0.1) is 0 Å². The minimum Gasteiger partial charge on any atom is -0.481 e. The van der Waals surface area contributed by atoms with Crippen LogP contribution in [0.5, 0.6) is 0 Å². The first-order chi connectivity index (χ1) is 12.2. The average Bonchev–Trinajstić information content (AvgIpc) is 3.02. The molecule has 2 atom stereocenters. The SMILES string of the molecule is CC(C)C(NC(=O)NCc1ccccc1)C(=O)N1CCC(C)(C(=O)O)C1. The molecule has 1 aliphatic heterocycles. The largest absolute Gasteiger partial charge is 0.481 e. The molecule has 0 radical (unpaired) electrons. The summed E-state index contributed by atoms with van der Waals surface area (Å²) in [5.74, 6) is -1.25. The van der Waals surface area contributed by atoms with Crippen molar-refractivity contribution in [3.8, 4) is 0 Å². The van der Waals surface area contributed by atoms with Gasteiger partial charge in [0.15, 0.2) is 0 Å². The maximum atomic E-state index is 12.8. The summed E-state index contributed by atoms with van der Waals surface area (Å²) in [4.78, 5) is 37.9. The van der Waals surface area contributed by atoms with Crippen molar-refractivity contribution in [1.82, 2.24) is 15.5 Å². The number of nitrogens with one attached hydrogen (secondary N) is 2. The molecule has 1 aliphatic rings. The fraction of sp³-hybridized carbons (Fsp3) is 0.526. The number of nitrogens with zero attached hydrogens (tertiary/aromatic N) is 1. The summed E-state index contributed by atoms with van der Waals surface area (Å²) in [6, 6.07) is 8.38. The smallest absolute Gasteiger partial charge is 0.315 e. The summed E-state index contributed by atoms with van der Waals surface area (Å²) in [5.41, 5.74) is 0.0408. The zero-order valence-electron chi connectivity index (χ0n) is 15.5.